The molecule has 0 radical (unpaired) electrons. The first-order chi connectivity index (χ1) is 13.8. The molecular formula is C20H20BrFN2O5. The summed E-state index contributed by atoms with van der Waals surface area (Å²) >= 11 is 3.56. The zero-order chi connectivity index (χ0) is 21.4. The lowest BCUT2D eigenvalue weighted by atomic mass is 10.1. The predicted molar refractivity (Wildman–Crippen MR) is 107 cm³/mol. The van der Waals surface area contributed by atoms with Gasteiger partial charge in [-0.3, -0.25) is 9.69 Å². The number of nitrogens with zero attached hydrogens (tertiary/aromatic N) is 2. The summed E-state index contributed by atoms with van der Waals surface area (Å²) < 4.78 is 14.8. The van der Waals surface area contributed by atoms with Gasteiger partial charge in [0, 0.05) is 37.2 Å². The van der Waals surface area contributed by atoms with Crippen molar-refractivity contribution in [2.75, 3.05) is 26.2 Å². The van der Waals surface area contributed by atoms with Gasteiger partial charge in [0.05, 0.1) is 5.56 Å². The van der Waals surface area contributed by atoms with Gasteiger partial charge in [-0.2, -0.15) is 0 Å². The molecule has 7 nitrogen and oxygen atoms in total. The van der Waals surface area contributed by atoms with Crippen molar-refractivity contribution < 1.29 is 29.0 Å². The lowest BCUT2D eigenvalue weighted by Crippen LogP contribution is -2.48. The topological polar surface area (TPSA) is 98.1 Å². The summed E-state index contributed by atoms with van der Waals surface area (Å²) in [6, 6.07) is 14.3. The number of piperazine rings is 1. The molecule has 2 N–H and O–H groups in total. The average Bonchev–Trinajstić information content (AvgIpc) is 2.70. The van der Waals surface area contributed by atoms with E-state index < -0.39 is 17.8 Å². The van der Waals surface area contributed by atoms with Gasteiger partial charge >= 0.3 is 11.9 Å². The summed E-state index contributed by atoms with van der Waals surface area (Å²) in [5.74, 6) is -4.32. The minimum atomic E-state index is -1.82. The van der Waals surface area contributed by atoms with E-state index in [-0.39, 0.29) is 11.5 Å². The number of carbonyl (C=O) groups is 3. The number of carboxylic acid groups (broad SMARTS) is 2. The molecule has 3 rings (SSSR count). The second-order valence-corrected chi connectivity index (χ2v) is 7.10. The Morgan fingerprint density at radius 3 is 2.00 bits per heavy atom. The van der Waals surface area contributed by atoms with E-state index in [0.29, 0.717) is 13.1 Å². The van der Waals surface area contributed by atoms with Crippen molar-refractivity contribution >= 4 is 33.8 Å². The lowest BCUT2D eigenvalue weighted by molar-refractivity contribution is -0.159. The Morgan fingerprint density at radius 2 is 1.45 bits per heavy atom. The van der Waals surface area contributed by atoms with Gasteiger partial charge in [-0.25, -0.2) is 14.0 Å². The molecule has 0 unspecified atom stereocenters. The number of rotatable bonds is 3. The SMILES string of the molecule is O=C(O)C(=O)O.O=C(c1ccccc1F)N1CCN(Cc2ccccc2Br)CC1. The maximum Gasteiger partial charge on any atom is 0.414 e. The molecule has 29 heavy (non-hydrogen) atoms. The summed E-state index contributed by atoms with van der Waals surface area (Å²) in [5.41, 5.74) is 1.40. The Bertz CT molecular complexity index is 873. The van der Waals surface area contributed by atoms with Crippen LogP contribution >= 0.6 is 15.9 Å². The van der Waals surface area contributed by atoms with Gasteiger partial charge < -0.3 is 15.1 Å². The molecule has 1 fully saturated rings. The summed E-state index contributed by atoms with van der Waals surface area (Å²) in [6.07, 6.45) is 0. The van der Waals surface area contributed by atoms with Gasteiger partial charge in [-0.05, 0) is 23.8 Å². The number of halogens is 2. The van der Waals surface area contributed by atoms with E-state index in [1.165, 1.54) is 11.6 Å². The summed E-state index contributed by atoms with van der Waals surface area (Å²) in [7, 11) is 0. The Balaban J connectivity index is 0.000000438. The standard InChI is InChI=1S/C18H18BrFN2O.C2H2O4/c19-16-7-3-1-5-14(16)13-21-9-11-22(12-10-21)18(23)15-6-2-4-8-17(15)20;3-1(4)2(5)6/h1-8H,9-13H2;(H,3,4)(H,5,6). The minimum Gasteiger partial charge on any atom is -0.473 e. The van der Waals surface area contributed by atoms with Gasteiger partial charge in [-0.1, -0.05) is 46.3 Å². The molecule has 0 atom stereocenters. The van der Waals surface area contributed by atoms with Crippen LogP contribution in [0.3, 0.4) is 0 Å². The first-order valence-electron chi connectivity index (χ1n) is 8.75. The van der Waals surface area contributed by atoms with E-state index in [9.17, 15) is 9.18 Å². The van der Waals surface area contributed by atoms with Crippen LogP contribution in [-0.2, 0) is 16.1 Å². The van der Waals surface area contributed by atoms with Crippen molar-refractivity contribution in [1.29, 1.82) is 0 Å². The molecule has 154 valence electrons. The Morgan fingerprint density at radius 1 is 0.897 bits per heavy atom. The van der Waals surface area contributed by atoms with Crippen molar-refractivity contribution in [2.24, 2.45) is 0 Å². The molecule has 1 amide bonds. The molecule has 1 aliphatic heterocycles. The molecule has 0 spiro atoms. The van der Waals surface area contributed by atoms with Crippen molar-refractivity contribution in [3.05, 3.63) is 69.9 Å². The monoisotopic (exact) mass is 466 g/mol. The van der Waals surface area contributed by atoms with Crippen LogP contribution in [0.25, 0.3) is 0 Å². The molecular weight excluding hydrogens is 447 g/mol. The van der Waals surface area contributed by atoms with Crippen molar-refractivity contribution in [3.63, 3.8) is 0 Å². The Kier molecular flexibility index (Phi) is 8.29. The molecule has 2 aromatic carbocycles. The lowest BCUT2D eigenvalue weighted by Gasteiger charge is -2.35. The van der Waals surface area contributed by atoms with Crippen molar-refractivity contribution in [1.82, 2.24) is 9.80 Å². The minimum absolute atomic E-state index is 0.159. The highest BCUT2D eigenvalue weighted by molar-refractivity contribution is 9.10. The van der Waals surface area contributed by atoms with Gasteiger partial charge in [0.25, 0.3) is 5.91 Å². The highest BCUT2D eigenvalue weighted by Gasteiger charge is 2.24. The maximum absolute atomic E-state index is 13.7. The molecule has 1 aliphatic rings. The van der Waals surface area contributed by atoms with E-state index >= 15 is 0 Å². The number of carboxylic acids is 2. The number of hydrogen-bond donors (Lipinski definition) is 2. The van der Waals surface area contributed by atoms with Gasteiger partial charge in [0.2, 0.25) is 0 Å². The number of amides is 1. The maximum atomic E-state index is 13.7. The third-order valence-corrected chi connectivity index (χ3v) is 5.07. The zero-order valence-electron chi connectivity index (χ0n) is 15.4. The summed E-state index contributed by atoms with van der Waals surface area (Å²) in [6.45, 7) is 3.68. The van der Waals surface area contributed by atoms with E-state index in [0.717, 1.165) is 24.1 Å². The van der Waals surface area contributed by atoms with Crippen LogP contribution in [0.5, 0.6) is 0 Å². The largest absolute Gasteiger partial charge is 0.473 e. The van der Waals surface area contributed by atoms with Crippen LogP contribution in [0.2, 0.25) is 0 Å². The molecule has 0 bridgehead atoms. The fourth-order valence-electron chi connectivity index (χ4n) is 2.78. The highest BCUT2D eigenvalue weighted by atomic mass is 79.9. The van der Waals surface area contributed by atoms with E-state index in [1.807, 2.05) is 18.2 Å². The van der Waals surface area contributed by atoms with Crippen LogP contribution in [0, 0.1) is 5.82 Å². The van der Waals surface area contributed by atoms with Crippen LogP contribution in [0.4, 0.5) is 4.39 Å². The fourth-order valence-corrected chi connectivity index (χ4v) is 3.19. The first-order valence-corrected chi connectivity index (χ1v) is 9.54. The smallest absolute Gasteiger partial charge is 0.414 e. The zero-order valence-corrected chi connectivity index (χ0v) is 17.0. The summed E-state index contributed by atoms with van der Waals surface area (Å²) in [5, 5.41) is 14.8. The fraction of sp³-hybridized carbons (Fsp3) is 0.250. The summed E-state index contributed by atoms with van der Waals surface area (Å²) in [4.78, 5) is 34.6. The first kappa shape index (κ1) is 22.5. The number of benzene rings is 2. The van der Waals surface area contributed by atoms with Crippen LogP contribution in [0.15, 0.2) is 53.0 Å². The predicted octanol–water partition coefficient (Wildman–Crippen LogP) is 2.70. The molecule has 0 aliphatic carbocycles. The normalized spacial score (nSPS) is 13.9. The third kappa shape index (κ3) is 6.65. The van der Waals surface area contributed by atoms with Gasteiger partial charge in [0.1, 0.15) is 5.82 Å². The highest BCUT2D eigenvalue weighted by Crippen LogP contribution is 2.19. The molecule has 1 saturated heterocycles. The van der Waals surface area contributed by atoms with E-state index in [4.69, 9.17) is 19.8 Å². The number of aliphatic carboxylic acids is 2. The van der Waals surface area contributed by atoms with Gasteiger partial charge in [0.15, 0.2) is 0 Å². The third-order valence-electron chi connectivity index (χ3n) is 4.30. The molecule has 2 aromatic rings. The second-order valence-electron chi connectivity index (χ2n) is 6.25. The molecule has 9 heteroatoms. The quantitative estimate of drug-likeness (QED) is 0.674. The van der Waals surface area contributed by atoms with Crippen molar-refractivity contribution in [3.8, 4) is 0 Å². The van der Waals surface area contributed by atoms with Crippen molar-refractivity contribution in [2.45, 2.75) is 6.54 Å². The average molecular weight is 467 g/mol. The number of carbonyl (C=O) groups excluding carboxylic acids is 1. The van der Waals surface area contributed by atoms with E-state index in [2.05, 4.69) is 26.9 Å². The Hall–Kier alpha value is -2.78. The van der Waals surface area contributed by atoms with Crippen LogP contribution in [-0.4, -0.2) is 64.0 Å². The molecule has 0 aromatic heterocycles. The van der Waals surface area contributed by atoms with Crippen LogP contribution < -0.4 is 0 Å². The van der Waals surface area contributed by atoms with E-state index in [1.54, 1.807) is 23.1 Å². The molecule has 1 heterocycles. The Labute approximate surface area is 175 Å². The van der Waals surface area contributed by atoms with Gasteiger partial charge in [-0.15, -0.1) is 0 Å². The van der Waals surface area contributed by atoms with Crippen LogP contribution in [0.1, 0.15) is 15.9 Å². The second kappa shape index (κ2) is 10.7. The molecule has 0 saturated carbocycles. The number of hydrogen-bond acceptors (Lipinski definition) is 4.